The molecule has 0 radical (unpaired) electrons. The first-order valence-corrected chi connectivity index (χ1v) is 6.78. The molecule has 0 spiro atoms. The Morgan fingerprint density at radius 2 is 1.60 bits per heavy atom. The standard InChI is InChI=1S/C16H20O4/c1-4-7-15(17)19-13-10-9-12(6-3)11-14(13)20-16(18)8-5-2/h6,9-11H,3-5,7-8H2,1-2H3. The molecule has 1 aromatic rings. The molecule has 0 saturated carbocycles. The summed E-state index contributed by atoms with van der Waals surface area (Å²) in [5.41, 5.74) is 0.791. The average Bonchev–Trinajstić information content (AvgIpc) is 2.41. The molecule has 0 N–H and O–H groups in total. The maximum atomic E-state index is 11.6. The van der Waals surface area contributed by atoms with Gasteiger partial charge in [0.1, 0.15) is 0 Å². The Morgan fingerprint density at radius 3 is 2.10 bits per heavy atom. The third kappa shape index (κ3) is 4.88. The van der Waals surface area contributed by atoms with Crippen LogP contribution in [0.3, 0.4) is 0 Å². The minimum Gasteiger partial charge on any atom is -0.423 e. The predicted molar refractivity (Wildman–Crippen MR) is 77.6 cm³/mol. The van der Waals surface area contributed by atoms with Gasteiger partial charge in [0, 0.05) is 12.8 Å². The molecule has 0 aliphatic carbocycles. The predicted octanol–water partition coefficient (Wildman–Crippen LogP) is 3.74. The molecule has 0 aliphatic heterocycles. The molecule has 0 atom stereocenters. The van der Waals surface area contributed by atoms with Crippen LogP contribution in [0.4, 0.5) is 0 Å². The van der Waals surface area contributed by atoms with Crippen LogP contribution in [0.5, 0.6) is 11.5 Å². The quantitative estimate of drug-likeness (QED) is 0.562. The maximum absolute atomic E-state index is 11.6. The van der Waals surface area contributed by atoms with Crippen molar-refractivity contribution in [2.45, 2.75) is 39.5 Å². The first-order chi connectivity index (χ1) is 9.60. The molecule has 0 heterocycles. The van der Waals surface area contributed by atoms with Crippen LogP contribution in [0.25, 0.3) is 6.08 Å². The number of ether oxygens (including phenoxy) is 2. The number of esters is 2. The Kier molecular flexibility index (Phi) is 6.50. The molecular weight excluding hydrogens is 256 g/mol. The van der Waals surface area contributed by atoms with E-state index in [9.17, 15) is 9.59 Å². The van der Waals surface area contributed by atoms with E-state index in [4.69, 9.17) is 9.47 Å². The van der Waals surface area contributed by atoms with E-state index in [-0.39, 0.29) is 23.4 Å². The summed E-state index contributed by atoms with van der Waals surface area (Å²) in [4.78, 5) is 23.1. The van der Waals surface area contributed by atoms with Gasteiger partial charge in [0.25, 0.3) is 0 Å². The van der Waals surface area contributed by atoms with Crippen molar-refractivity contribution in [3.8, 4) is 11.5 Å². The van der Waals surface area contributed by atoms with E-state index in [0.717, 1.165) is 5.56 Å². The van der Waals surface area contributed by atoms with Gasteiger partial charge in [-0.2, -0.15) is 0 Å². The summed E-state index contributed by atoms with van der Waals surface area (Å²) in [5.74, 6) is -0.169. The zero-order chi connectivity index (χ0) is 15.0. The Morgan fingerprint density at radius 1 is 1.05 bits per heavy atom. The summed E-state index contributed by atoms with van der Waals surface area (Å²) in [5, 5.41) is 0. The highest BCUT2D eigenvalue weighted by Crippen LogP contribution is 2.29. The molecule has 4 nitrogen and oxygen atoms in total. The number of carbonyl (C=O) groups excluding carboxylic acids is 2. The maximum Gasteiger partial charge on any atom is 0.311 e. The van der Waals surface area contributed by atoms with Gasteiger partial charge in [-0.15, -0.1) is 0 Å². The second-order valence-electron chi connectivity index (χ2n) is 4.36. The lowest BCUT2D eigenvalue weighted by Crippen LogP contribution is -2.11. The average molecular weight is 276 g/mol. The SMILES string of the molecule is C=Cc1ccc(OC(=O)CCC)c(OC(=O)CCC)c1. The molecule has 4 heteroatoms. The van der Waals surface area contributed by atoms with Crippen LogP contribution in [-0.2, 0) is 9.59 Å². The third-order valence-corrected chi connectivity index (χ3v) is 2.56. The lowest BCUT2D eigenvalue weighted by molar-refractivity contribution is -0.137. The molecule has 0 bridgehead atoms. The Hall–Kier alpha value is -2.10. The summed E-state index contributed by atoms with van der Waals surface area (Å²) in [6.07, 6.45) is 3.68. The van der Waals surface area contributed by atoms with Gasteiger partial charge < -0.3 is 9.47 Å². The second-order valence-corrected chi connectivity index (χ2v) is 4.36. The van der Waals surface area contributed by atoms with Gasteiger partial charge in [-0.05, 0) is 30.5 Å². The highest BCUT2D eigenvalue weighted by molar-refractivity contribution is 5.76. The van der Waals surface area contributed by atoms with Gasteiger partial charge in [0.15, 0.2) is 11.5 Å². The van der Waals surface area contributed by atoms with E-state index >= 15 is 0 Å². The van der Waals surface area contributed by atoms with Crippen molar-refractivity contribution < 1.29 is 19.1 Å². The number of carbonyl (C=O) groups is 2. The number of benzene rings is 1. The largest absolute Gasteiger partial charge is 0.423 e. The van der Waals surface area contributed by atoms with Crippen molar-refractivity contribution in [3.63, 3.8) is 0 Å². The Balaban J connectivity index is 2.94. The summed E-state index contributed by atoms with van der Waals surface area (Å²) in [6.45, 7) is 7.44. The van der Waals surface area contributed by atoms with Crippen LogP contribution >= 0.6 is 0 Å². The first-order valence-electron chi connectivity index (χ1n) is 6.78. The zero-order valence-electron chi connectivity index (χ0n) is 12.0. The summed E-state index contributed by atoms with van der Waals surface area (Å²) in [7, 11) is 0. The second kappa shape index (κ2) is 8.15. The monoisotopic (exact) mass is 276 g/mol. The van der Waals surface area contributed by atoms with Crippen molar-refractivity contribution in [2.75, 3.05) is 0 Å². The van der Waals surface area contributed by atoms with E-state index in [1.54, 1.807) is 24.3 Å². The molecular formula is C16H20O4. The van der Waals surface area contributed by atoms with Crippen LogP contribution in [-0.4, -0.2) is 11.9 Å². The van der Waals surface area contributed by atoms with E-state index in [1.807, 2.05) is 13.8 Å². The summed E-state index contributed by atoms with van der Waals surface area (Å²) < 4.78 is 10.5. The summed E-state index contributed by atoms with van der Waals surface area (Å²) >= 11 is 0. The molecule has 1 rings (SSSR count). The van der Waals surface area contributed by atoms with Gasteiger partial charge in [0.2, 0.25) is 0 Å². The van der Waals surface area contributed by atoms with Crippen LogP contribution in [0.2, 0.25) is 0 Å². The topological polar surface area (TPSA) is 52.6 Å². The molecule has 108 valence electrons. The molecule has 0 aromatic heterocycles. The van der Waals surface area contributed by atoms with Crippen molar-refractivity contribution in [1.29, 1.82) is 0 Å². The highest BCUT2D eigenvalue weighted by atomic mass is 16.6. The highest BCUT2D eigenvalue weighted by Gasteiger charge is 2.13. The minimum absolute atomic E-state index is 0.255. The van der Waals surface area contributed by atoms with Gasteiger partial charge in [-0.1, -0.05) is 32.6 Å². The Labute approximate surface area is 119 Å². The summed E-state index contributed by atoms with van der Waals surface area (Å²) in [6, 6.07) is 4.99. The molecule has 0 saturated heterocycles. The fourth-order valence-electron chi connectivity index (χ4n) is 1.57. The van der Waals surface area contributed by atoms with Crippen LogP contribution in [0.15, 0.2) is 24.8 Å². The molecule has 20 heavy (non-hydrogen) atoms. The van der Waals surface area contributed by atoms with E-state index in [1.165, 1.54) is 0 Å². The normalized spacial score (nSPS) is 9.90. The molecule has 0 unspecified atom stereocenters. The number of rotatable bonds is 7. The van der Waals surface area contributed by atoms with Crippen molar-refractivity contribution in [1.82, 2.24) is 0 Å². The van der Waals surface area contributed by atoms with Crippen molar-refractivity contribution >= 4 is 18.0 Å². The molecule has 0 fully saturated rings. The third-order valence-electron chi connectivity index (χ3n) is 2.56. The van der Waals surface area contributed by atoms with Crippen LogP contribution < -0.4 is 9.47 Å². The van der Waals surface area contributed by atoms with E-state index < -0.39 is 0 Å². The van der Waals surface area contributed by atoms with Gasteiger partial charge >= 0.3 is 11.9 Å². The smallest absolute Gasteiger partial charge is 0.311 e. The van der Waals surface area contributed by atoms with Gasteiger partial charge in [0.05, 0.1) is 0 Å². The lowest BCUT2D eigenvalue weighted by atomic mass is 10.2. The molecule has 0 aliphatic rings. The lowest BCUT2D eigenvalue weighted by Gasteiger charge is -2.11. The van der Waals surface area contributed by atoms with Crippen molar-refractivity contribution in [2.24, 2.45) is 0 Å². The number of hydrogen-bond acceptors (Lipinski definition) is 4. The Bertz CT molecular complexity index is 491. The zero-order valence-corrected chi connectivity index (χ0v) is 12.0. The number of hydrogen-bond donors (Lipinski definition) is 0. The first kappa shape index (κ1) is 16.0. The molecule has 1 aromatic carbocycles. The van der Waals surface area contributed by atoms with Gasteiger partial charge in [-0.25, -0.2) is 0 Å². The van der Waals surface area contributed by atoms with E-state index in [2.05, 4.69) is 6.58 Å². The van der Waals surface area contributed by atoms with Crippen LogP contribution in [0.1, 0.15) is 45.1 Å². The van der Waals surface area contributed by atoms with Gasteiger partial charge in [-0.3, -0.25) is 9.59 Å². The van der Waals surface area contributed by atoms with E-state index in [0.29, 0.717) is 25.7 Å². The minimum atomic E-state index is -0.346. The molecule has 0 amide bonds. The van der Waals surface area contributed by atoms with Crippen LogP contribution in [0, 0.1) is 0 Å². The fourth-order valence-corrected chi connectivity index (χ4v) is 1.57. The van der Waals surface area contributed by atoms with Crippen molar-refractivity contribution in [3.05, 3.63) is 30.3 Å². The fraction of sp³-hybridized carbons (Fsp3) is 0.375.